The van der Waals surface area contributed by atoms with Crippen LogP contribution in [0.3, 0.4) is 0 Å². The molecule has 0 radical (unpaired) electrons. The summed E-state index contributed by atoms with van der Waals surface area (Å²) < 4.78 is 10.5. The van der Waals surface area contributed by atoms with Gasteiger partial charge in [0, 0.05) is 24.2 Å². The standard InChI is InChI=1S/C32H44N4O6/c1-6-20(3)27(29(37)34-26(31(39)41-5)17-23-18-33-25-16-12-11-15-24(23)25)35-30(38)28(21(4)7-2)36-32(40)42-19-22-13-9-8-10-14-22/h8-16,18,20-21,26-28,31,33,39H,6-7,17,19H2,1-5H3,(H,34,37)(H,35,38)(H,36,40)/t20-,21-,26-,27-,28-,31?/m0/s1. The van der Waals surface area contributed by atoms with Crippen molar-refractivity contribution in [1.29, 1.82) is 0 Å². The van der Waals surface area contributed by atoms with Crippen LogP contribution in [0.5, 0.6) is 0 Å². The fourth-order valence-corrected chi connectivity index (χ4v) is 4.74. The number of fused-ring (bicyclic) bond motifs is 1. The number of aromatic nitrogens is 1. The number of methoxy groups -OCH3 is 1. The molecule has 0 aliphatic heterocycles. The minimum atomic E-state index is -1.27. The molecule has 3 rings (SSSR count). The van der Waals surface area contributed by atoms with E-state index in [1.807, 2.05) is 88.5 Å². The second kappa shape index (κ2) is 15.9. The Hall–Kier alpha value is -3.89. The van der Waals surface area contributed by atoms with E-state index in [2.05, 4.69) is 20.9 Å². The molecule has 0 saturated heterocycles. The van der Waals surface area contributed by atoms with Gasteiger partial charge in [-0.25, -0.2) is 4.79 Å². The summed E-state index contributed by atoms with van der Waals surface area (Å²) in [6.45, 7) is 7.63. The van der Waals surface area contributed by atoms with Crippen LogP contribution in [0.4, 0.5) is 4.79 Å². The van der Waals surface area contributed by atoms with Crippen LogP contribution in [0.15, 0.2) is 60.8 Å². The first-order valence-electron chi connectivity index (χ1n) is 14.5. The summed E-state index contributed by atoms with van der Waals surface area (Å²) in [6.07, 6.45) is 1.38. The number of hydrogen-bond acceptors (Lipinski definition) is 6. The Labute approximate surface area is 247 Å². The molecule has 228 valence electrons. The number of ether oxygens (including phenoxy) is 2. The van der Waals surface area contributed by atoms with E-state index in [1.165, 1.54) is 7.11 Å². The number of para-hydroxylation sites is 1. The van der Waals surface area contributed by atoms with Crippen LogP contribution in [0, 0.1) is 11.8 Å². The van der Waals surface area contributed by atoms with Crippen molar-refractivity contribution in [3.05, 3.63) is 71.9 Å². The summed E-state index contributed by atoms with van der Waals surface area (Å²) in [4.78, 5) is 43.0. The molecule has 42 heavy (non-hydrogen) atoms. The largest absolute Gasteiger partial charge is 0.445 e. The molecule has 1 heterocycles. The summed E-state index contributed by atoms with van der Waals surface area (Å²) in [5, 5.41) is 20.1. The maximum atomic E-state index is 13.6. The lowest BCUT2D eigenvalue weighted by Gasteiger charge is -2.30. The van der Waals surface area contributed by atoms with Gasteiger partial charge in [0.15, 0.2) is 6.29 Å². The van der Waals surface area contributed by atoms with E-state index in [0.717, 1.165) is 22.0 Å². The molecule has 0 bridgehead atoms. The molecule has 0 aliphatic carbocycles. The molecule has 2 aromatic carbocycles. The predicted octanol–water partition coefficient (Wildman–Crippen LogP) is 4.03. The third kappa shape index (κ3) is 8.80. The Kier molecular flexibility index (Phi) is 12.4. The van der Waals surface area contributed by atoms with E-state index < -0.39 is 42.3 Å². The topological polar surface area (TPSA) is 142 Å². The van der Waals surface area contributed by atoms with Crippen LogP contribution in [0.2, 0.25) is 0 Å². The third-order valence-corrected chi connectivity index (χ3v) is 7.80. The number of hydrogen-bond donors (Lipinski definition) is 5. The lowest BCUT2D eigenvalue weighted by molar-refractivity contribution is -0.136. The fourth-order valence-electron chi connectivity index (χ4n) is 4.74. The molecule has 0 fully saturated rings. The summed E-state index contributed by atoms with van der Waals surface area (Å²) in [7, 11) is 1.37. The van der Waals surface area contributed by atoms with Crippen LogP contribution >= 0.6 is 0 Å². The lowest BCUT2D eigenvalue weighted by atomic mass is 9.94. The molecule has 0 saturated carbocycles. The number of carbonyl (C=O) groups excluding carboxylic acids is 3. The number of aliphatic hydroxyl groups is 1. The second-order valence-corrected chi connectivity index (χ2v) is 10.7. The van der Waals surface area contributed by atoms with Gasteiger partial charge in [0.2, 0.25) is 11.8 Å². The van der Waals surface area contributed by atoms with Crippen molar-refractivity contribution in [3.63, 3.8) is 0 Å². The number of benzene rings is 2. The molecule has 3 aromatic rings. The minimum absolute atomic E-state index is 0.0685. The zero-order valence-electron chi connectivity index (χ0n) is 25.1. The van der Waals surface area contributed by atoms with Crippen molar-refractivity contribution in [3.8, 4) is 0 Å². The quantitative estimate of drug-likeness (QED) is 0.172. The molecule has 5 N–H and O–H groups in total. The van der Waals surface area contributed by atoms with E-state index in [-0.39, 0.29) is 18.4 Å². The van der Waals surface area contributed by atoms with Crippen LogP contribution in [-0.4, -0.2) is 59.5 Å². The number of carbonyl (C=O) groups is 3. The highest BCUT2D eigenvalue weighted by molar-refractivity contribution is 5.92. The molecule has 1 unspecified atom stereocenters. The Morgan fingerprint density at radius 2 is 1.45 bits per heavy atom. The SMILES string of the molecule is CC[C@H](C)[C@H](NC(=O)OCc1ccccc1)C(=O)N[C@H](C(=O)N[C@@H](Cc1c[nH]c2ccccc12)C(O)OC)[C@@H](C)CC. The van der Waals surface area contributed by atoms with Crippen molar-refractivity contribution in [2.45, 2.75) is 78.0 Å². The number of nitrogens with one attached hydrogen (secondary N) is 4. The van der Waals surface area contributed by atoms with Gasteiger partial charge in [0.1, 0.15) is 18.7 Å². The van der Waals surface area contributed by atoms with Crippen LogP contribution in [-0.2, 0) is 32.1 Å². The van der Waals surface area contributed by atoms with E-state index in [0.29, 0.717) is 19.3 Å². The summed E-state index contributed by atoms with van der Waals surface area (Å²) in [5.41, 5.74) is 2.68. The number of rotatable bonds is 15. The van der Waals surface area contributed by atoms with Crippen molar-refractivity contribution in [2.24, 2.45) is 11.8 Å². The van der Waals surface area contributed by atoms with Gasteiger partial charge >= 0.3 is 6.09 Å². The van der Waals surface area contributed by atoms with E-state index in [4.69, 9.17) is 9.47 Å². The molecule has 0 spiro atoms. The van der Waals surface area contributed by atoms with Gasteiger partial charge in [-0.1, -0.05) is 89.1 Å². The Balaban J connectivity index is 1.72. The molecular weight excluding hydrogens is 536 g/mol. The maximum absolute atomic E-state index is 13.6. The smallest absolute Gasteiger partial charge is 0.408 e. The highest BCUT2D eigenvalue weighted by Gasteiger charge is 2.34. The predicted molar refractivity (Wildman–Crippen MR) is 161 cm³/mol. The molecule has 10 heteroatoms. The number of aliphatic hydroxyl groups excluding tert-OH is 1. The van der Waals surface area contributed by atoms with E-state index in [1.54, 1.807) is 0 Å². The molecule has 1 aromatic heterocycles. The van der Waals surface area contributed by atoms with Gasteiger partial charge in [0.25, 0.3) is 0 Å². The summed E-state index contributed by atoms with van der Waals surface area (Å²) >= 11 is 0. The van der Waals surface area contributed by atoms with Crippen molar-refractivity contribution >= 4 is 28.8 Å². The summed E-state index contributed by atoms with van der Waals surface area (Å²) in [6, 6.07) is 14.4. The zero-order chi connectivity index (χ0) is 30.6. The van der Waals surface area contributed by atoms with Gasteiger partial charge < -0.3 is 35.5 Å². The zero-order valence-corrected chi connectivity index (χ0v) is 25.1. The van der Waals surface area contributed by atoms with Crippen LogP contribution in [0.1, 0.15) is 51.7 Å². The lowest BCUT2D eigenvalue weighted by Crippen LogP contribution is -2.59. The number of aromatic amines is 1. The molecule has 0 aliphatic rings. The third-order valence-electron chi connectivity index (χ3n) is 7.80. The van der Waals surface area contributed by atoms with Crippen LogP contribution < -0.4 is 16.0 Å². The normalized spacial score (nSPS) is 15.6. The first kappa shape index (κ1) is 32.6. The Bertz CT molecular complexity index is 1300. The van der Waals surface area contributed by atoms with Crippen LogP contribution in [0.25, 0.3) is 10.9 Å². The van der Waals surface area contributed by atoms with E-state index >= 15 is 0 Å². The van der Waals surface area contributed by atoms with Gasteiger partial charge in [-0.05, 0) is 35.4 Å². The first-order valence-corrected chi connectivity index (χ1v) is 14.5. The van der Waals surface area contributed by atoms with Crippen molar-refractivity contribution in [2.75, 3.05) is 7.11 Å². The van der Waals surface area contributed by atoms with Crippen molar-refractivity contribution in [1.82, 2.24) is 20.9 Å². The minimum Gasteiger partial charge on any atom is -0.445 e. The molecule has 10 nitrogen and oxygen atoms in total. The maximum Gasteiger partial charge on any atom is 0.408 e. The highest BCUT2D eigenvalue weighted by atomic mass is 16.6. The van der Waals surface area contributed by atoms with Crippen molar-refractivity contribution < 1.29 is 29.0 Å². The molecule has 6 atom stereocenters. The van der Waals surface area contributed by atoms with Gasteiger partial charge in [-0.2, -0.15) is 0 Å². The number of alkyl carbamates (subject to hydrolysis) is 1. The fraction of sp³-hybridized carbons (Fsp3) is 0.469. The Morgan fingerprint density at radius 3 is 2.10 bits per heavy atom. The van der Waals surface area contributed by atoms with E-state index in [9.17, 15) is 19.5 Å². The van der Waals surface area contributed by atoms with Gasteiger partial charge in [-0.15, -0.1) is 0 Å². The average Bonchev–Trinajstić information content (AvgIpc) is 3.42. The highest BCUT2D eigenvalue weighted by Crippen LogP contribution is 2.21. The summed E-state index contributed by atoms with van der Waals surface area (Å²) in [5.74, 6) is -1.39. The monoisotopic (exact) mass is 580 g/mol. The average molecular weight is 581 g/mol. The molecule has 3 amide bonds. The number of amides is 3. The second-order valence-electron chi connectivity index (χ2n) is 10.7. The number of H-pyrrole nitrogens is 1. The van der Waals surface area contributed by atoms with Gasteiger partial charge in [-0.3, -0.25) is 9.59 Å². The molecular formula is C32H44N4O6. The Morgan fingerprint density at radius 1 is 0.857 bits per heavy atom. The van der Waals surface area contributed by atoms with Gasteiger partial charge in [0.05, 0.1) is 6.04 Å². The first-order chi connectivity index (χ1) is 20.2.